The number of carbonyl (C=O) groups is 2. The van der Waals surface area contributed by atoms with Gasteiger partial charge in [-0.15, -0.1) is 0 Å². The van der Waals surface area contributed by atoms with Gasteiger partial charge in [-0.1, -0.05) is 29.8 Å². The predicted molar refractivity (Wildman–Crippen MR) is 113 cm³/mol. The molecule has 8 heteroatoms. The highest BCUT2D eigenvalue weighted by atomic mass is 35.5. The molecule has 0 atom stereocenters. The molecule has 0 bridgehead atoms. The van der Waals surface area contributed by atoms with Crippen LogP contribution in [0, 0.1) is 5.82 Å². The van der Waals surface area contributed by atoms with E-state index in [0.29, 0.717) is 28.6 Å². The van der Waals surface area contributed by atoms with Crippen molar-refractivity contribution in [1.82, 2.24) is 5.43 Å². The summed E-state index contributed by atoms with van der Waals surface area (Å²) >= 11 is 5.83. The average Bonchev–Trinajstić information content (AvgIpc) is 2.74. The zero-order valence-corrected chi connectivity index (χ0v) is 16.4. The molecule has 0 aliphatic carbocycles. The molecular formula is C22H17ClFN3O3. The molecule has 2 N–H and O–H groups in total. The van der Waals surface area contributed by atoms with Gasteiger partial charge >= 0.3 is 11.8 Å². The molecule has 6 nitrogen and oxygen atoms in total. The van der Waals surface area contributed by atoms with E-state index < -0.39 is 11.8 Å². The van der Waals surface area contributed by atoms with E-state index in [0.717, 1.165) is 5.56 Å². The summed E-state index contributed by atoms with van der Waals surface area (Å²) in [6.07, 6.45) is 1.40. The zero-order chi connectivity index (χ0) is 21.3. The lowest BCUT2D eigenvalue weighted by atomic mass is 10.2. The van der Waals surface area contributed by atoms with E-state index >= 15 is 0 Å². The normalized spacial score (nSPS) is 10.6. The Kier molecular flexibility index (Phi) is 7.13. The fourth-order valence-electron chi connectivity index (χ4n) is 2.37. The number of benzene rings is 3. The number of anilines is 1. The third-order valence-electron chi connectivity index (χ3n) is 3.87. The van der Waals surface area contributed by atoms with Gasteiger partial charge in [0, 0.05) is 10.7 Å². The van der Waals surface area contributed by atoms with Crippen LogP contribution in [0.15, 0.2) is 77.9 Å². The average molecular weight is 426 g/mol. The second kappa shape index (κ2) is 10.2. The van der Waals surface area contributed by atoms with Gasteiger partial charge < -0.3 is 10.1 Å². The molecule has 0 heterocycles. The van der Waals surface area contributed by atoms with Crippen LogP contribution in [0.25, 0.3) is 0 Å². The summed E-state index contributed by atoms with van der Waals surface area (Å²) in [5, 5.41) is 6.63. The Labute approximate surface area is 177 Å². The van der Waals surface area contributed by atoms with Crippen LogP contribution in [0.3, 0.4) is 0 Å². The van der Waals surface area contributed by atoms with Crippen molar-refractivity contribution < 1.29 is 18.7 Å². The Morgan fingerprint density at radius 1 is 1.00 bits per heavy atom. The molecule has 0 fully saturated rings. The minimum Gasteiger partial charge on any atom is -0.489 e. The molecule has 0 aliphatic rings. The van der Waals surface area contributed by atoms with Crippen LogP contribution in [-0.4, -0.2) is 18.0 Å². The second-order valence-electron chi connectivity index (χ2n) is 6.15. The van der Waals surface area contributed by atoms with Gasteiger partial charge in [-0.05, 0) is 65.7 Å². The van der Waals surface area contributed by atoms with Crippen molar-refractivity contribution in [3.05, 3.63) is 94.8 Å². The zero-order valence-electron chi connectivity index (χ0n) is 15.6. The summed E-state index contributed by atoms with van der Waals surface area (Å²) in [5.41, 5.74) is 4.10. The van der Waals surface area contributed by atoms with Gasteiger partial charge in [0.15, 0.2) is 0 Å². The minimum atomic E-state index is -0.912. The largest absolute Gasteiger partial charge is 0.489 e. The molecule has 0 unspecified atom stereocenters. The van der Waals surface area contributed by atoms with Crippen molar-refractivity contribution in [2.45, 2.75) is 6.61 Å². The lowest BCUT2D eigenvalue weighted by Crippen LogP contribution is -2.32. The maximum Gasteiger partial charge on any atom is 0.329 e. The highest BCUT2D eigenvalue weighted by molar-refractivity contribution is 6.39. The third-order valence-corrected chi connectivity index (χ3v) is 4.10. The third kappa shape index (κ3) is 6.42. The second-order valence-corrected chi connectivity index (χ2v) is 6.58. The Hall–Kier alpha value is -3.71. The molecule has 0 spiro atoms. The summed E-state index contributed by atoms with van der Waals surface area (Å²) in [6.45, 7) is 0.311. The number of rotatable bonds is 6. The minimum absolute atomic E-state index is 0.295. The molecule has 0 saturated heterocycles. The molecule has 3 aromatic carbocycles. The van der Waals surface area contributed by atoms with Crippen molar-refractivity contribution in [2.24, 2.45) is 5.10 Å². The Bertz CT molecular complexity index is 1050. The van der Waals surface area contributed by atoms with Crippen molar-refractivity contribution in [3.8, 4) is 5.75 Å². The molecule has 0 aliphatic heterocycles. The molecule has 152 valence electrons. The number of nitrogens with zero attached hydrogens (tertiary/aromatic N) is 1. The van der Waals surface area contributed by atoms with Crippen LogP contribution in [-0.2, 0) is 16.2 Å². The maximum atomic E-state index is 12.9. The van der Waals surface area contributed by atoms with E-state index in [9.17, 15) is 14.0 Å². The molecule has 3 aromatic rings. The highest BCUT2D eigenvalue weighted by Gasteiger charge is 2.12. The molecular weight excluding hydrogens is 409 g/mol. The van der Waals surface area contributed by atoms with Gasteiger partial charge in [-0.2, -0.15) is 5.10 Å². The van der Waals surface area contributed by atoms with Crippen LogP contribution in [0.1, 0.15) is 11.1 Å². The van der Waals surface area contributed by atoms with Crippen molar-refractivity contribution >= 4 is 35.3 Å². The molecule has 0 radical (unpaired) electrons. The molecule has 0 saturated carbocycles. The number of halogens is 2. The topological polar surface area (TPSA) is 79.8 Å². The highest BCUT2D eigenvalue weighted by Crippen LogP contribution is 2.15. The molecule has 30 heavy (non-hydrogen) atoms. The van der Waals surface area contributed by atoms with Gasteiger partial charge in [0.05, 0.1) is 6.21 Å². The Morgan fingerprint density at radius 3 is 2.43 bits per heavy atom. The standard InChI is InChI=1S/C22H17ClFN3O3/c23-17-2-1-3-19(12-17)26-21(28)22(29)27-25-13-15-6-10-20(11-7-15)30-14-16-4-8-18(24)9-5-16/h1-13H,14H2,(H,26,28)(H,27,29)/b25-13-. The van der Waals surface area contributed by atoms with Crippen LogP contribution in [0.5, 0.6) is 5.75 Å². The first-order valence-corrected chi connectivity index (χ1v) is 9.25. The number of carbonyl (C=O) groups excluding carboxylic acids is 2. The van der Waals surface area contributed by atoms with E-state index in [-0.39, 0.29) is 5.82 Å². The Morgan fingerprint density at radius 2 is 1.73 bits per heavy atom. The van der Waals surface area contributed by atoms with E-state index in [4.69, 9.17) is 16.3 Å². The quantitative estimate of drug-likeness (QED) is 0.354. The fraction of sp³-hybridized carbons (Fsp3) is 0.0455. The lowest BCUT2D eigenvalue weighted by molar-refractivity contribution is -0.136. The number of ether oxygens (including phenoxy) is 1. The lowest BCUT2D eigenvalue weighted by Gasteiger charge is -2.06. The van der Waals surface area contributed by atoms with Crippen molar-refractivity contribution in [2.75, 3.05) is 5.32 Å². The first-order valence-electron chi connectivity index (χ1n) is 8.87. The van der Waals surface area contributed by atoms with Crippen molar-refractivity contribution in [3.63, 3.8) is 0 Å². The number of amides is 2. The van der Waals surface area contributed by atoms with Gasteiger partial charge in [0.2, 0.25) is 0 Å². The molecule has 3 rings (SSSR count). The number of hydrogen-bond acceptors (Lipinski definition) is 4. The summed E-state index contributed by atoms with van der Waals surface area (Å²) in [4.78, 5) is 23.6. The molecule has 0 aromatic heterocycles. The molecule has 2 amide bonds. The summed E-state index contributed by atoms with van der Waals surface area (Å²) in [7, 11) is 0. The van der Waals surface area contributed by atoms with Gasteiger partial charge in [0.25, 0.3) is 0 Å². The fourth-order valence-corrected chi connectivity index (χ4v) is 2.56. The predicted octanol–water partition coefficient (Wildman–Crippen LogP) is 4.15. The number of hydrogen-bond donors (Lipinski definition) is 2. The summed E-state index contributed by atoms with van der Waals surface area (Å²) in [6, 6.07) is 19.4. The van der Waals surface area contributed by atoms with Crippen molar-refractivity contribution in [1.29, 1.82) is 0 Å². The van der Waals surface area contributed by atoms with Gasteiger partial charge in [-0.25, -0.2) is 9.82 Å². The van der Waals surface area contributed by atoms with E-state index in [2.05, 4.69) is 15.8 Å². The smallest absolute Gasteiger partial charge is 0.329 e. The van der Waals surface area contributed by atoms with Crippen LogP contribution >= 0.6 is 11.6 Å². The van der Waals surface area contributed by atoms with E-state index in [1.165, 1.54) is 24.4 Å². The Balaban J connectivity index is 1.46. The van der Waals surface area contributed by atoms with Crippen LogP contribution in [0.2, 0.25) is 5.02 Å². The summed E-state index contributed by atoms with van der Waals surface area (Å²) in [5.74, 6) is -1.44. The van der Waals surface area contributed by atoms with Crippen LogP contribution in [0.4, 0.5) is 10.1 Å². The number of hydrazone groups is 1. The van der Waals surface area contributed by atoms with Gasteiger partial charge in [-0.3, -0.25) is 9.59 Å². The van der Waals surface area contributed by atoms with E-state index in [1.807, 2.05) is 0 Å². The monoisotopic (exact) mass is 425 g/mol. The maximum absolute atomic E-state index is 12.9. The summed E-state index contributed by atoms with van der Waals surface area (Å²) < 4.78 is 18.5. The van der Waals surface area contributed by atoms with Crippen LogP contribution < -0.4 is 15.5 Å². The SMILES string of the molecule is O=C(N/N=C\c1ccc(OCc2ccc(F)cc2)cc1)C(=O)Nc1cccc(Cl)c1. The first-order chi connectivity index (χ1) is 14.5. The van der Waals surface area contributed by atoms with E-state index in [1.54, 1.807) is 54.6 Å². The van der Waals surface area contributed by atoms with Gasteiger partial charge in [0.1, 0.15) is 18.2 Å². The number of nitrogens with one attached hydrogen (secondary N) is 2. The first kappa shape index (κ1) is 21.0.